The average molecular weight is 443 g/mol. The Morgan fingerprint density at radius 2 is 1.72 bits per heavy atom. The summed E-state index contributed by atoms with van der Waals surface area (Å²) in [6.45, 7) is 12.7. The molecular formula is C28H42O4. The van der Waals surface area contributed by atoms with Crippen LogP contribution in [0, 0.1) is 52.3 Å². The number of hydrogen-bond donors (Lipinski definition) is 0. The fourth-order valence-electron chi connectivity index (χ4n) is 8.95. The molecule has 0 amide bonds. The molecular weight excluding hydrogens is 400 g/mol. The Bertz CT molecular complexity index is 773. The van der Waals surface area contributed by atoms with Crippen molar-refractivity contribution < 1.29 is 19.1 Å². The third kappa shape index (κ3) is 3.90. The zero-order valence-corrected chi connectivity index (χ0v) is 20.5. The molecule has 32 heavy (non-hydrogen) atoms. The molecule has 4 saturated carbocycles. The Balaban J connectivity index is 1.55. The highest BCUT2D eigenvalue weighted by Crippen LogP contribution is 2.64. The van der Waals surface area contributed by atoms with Crippen molar-refractivity contribution in [2.24, 2.45) is 52.3 Å². The molecule has 4 heteroatoms. The molecule has 5 unspecified atom stereocenters. The summed E-state index contributed by atoms with van der Waals surface area (Å²) in [6, 6.07) is 0. The summed E-state index contributed by atoms with van der Waals surface area (Å²) in [6.07, 6.45) is 11.6. The minimum atomic E-state index is -0.206. The average Bonchev–Trinajstić information content (AvgIpc) is 3.09. The second-order valence-corrected chi connectivity index (χ2v) is 12.3. The minimum Gasteiger partial charge on any atom is -0.463 e. The van der Waals surface area contributed by atoms with Gasteiger partial charge in [0.1, 0.15) is 18.7 Å². The molecule has 0 spiro atoms. The highest BCUT2D eigenvalue weighted by molar-refractivity contribution is 5.66. The lowest BCUT2D eigenvalue weighted by Gasteiger charge is -2.56. The molecule has 0 radical (unpaired) electrons. The normalized spacial score (nSPS) is 48.2. The van der Waals surface area contributed by atoms with Crippen LogP contribution in [0.2, 0.25) is 0 Å². The van der Waals surface area contributed by atoms with Crippen LogP contribution in [0.1, 0.15) is 85.5 Å². The second-order valence-electron chi connectivity index (χ2n) is 12.3. The highest BCUT2D eigenvalue weighted by atomic mass is 16.5. The molecule has 4 fully saturated rings. The smallest absolute Gasteiger partial charge is 0.302 e. The summed E-state index contributed by atoms with van der Waals surface area (Å²) in [5, 5.41) is 0. The maximum absolute atomic E-state index is 12.5. The summed E-state index contributed by atoms with van der Waals surface area (Å²) in [4.78, 5) is 36.3. The van der Waals surface area contributed by atoms with Gasteiger partial charge >= 0.3 is 5.97 Å². The Hall–Kier alpha value is -1.45. The molecule has 4 aliphatic rings. The summed E-state index contributed by atoms with van der Waals surface area (Å²) in [5.74, 6) is 1.82. The van der Waals surface area contributed by atoms with Gasteiger partial charge in [-0.05, 0) is 105 Å². The van der Waals surface area contributed by atoms with Crippen LogP contribution in [0.3, 0.4) is 0 Å². The van der Waals surface area contributed by atoms with Gasteiger partial charge in [-0.1, -0.05) is 26.0 Å². The quantitative estimate of drug-likeness (QED) is 0.307. The van der Waals surface area contributed by atoms with Crippen LogP contribution in [-0.4, -0.2) is 24.6 Å². The number of carbonyl (C=O) groups excluding carboxylic acids is 3. The van der Waals surface area contributed by atoms with Crippen molar-refractivity contribution in [1.82, 2.24) is 0 Å². The molecule has 178 valence electrons. The van der Waals surface area contributed by atoms with E-state index < -0.39 is 0 Å². The summed E-state index contributed by atoms with van der Waals surface area (Å²) in [7, 11) is 0. The van der Waals surface area contributed by atoms with Gasteiger partial charge in [0.15, 0.2) is 0 Å². The number of ether oxygens (including phenoxy) is 1. The third-order valence-corrected chi connectivity index (χ3v) is 10.6. The molecule has 4 nitrogen and oxygen atoms in total. The van der Waals surface area contributed by atoms with Gasteiger partial charge in [0.2, 0.25) is 0 Å². The van der Waals surface area contributed by atoms with Gasteiger partial charge in [0.05, 0.1) is 0 Å². The van der Waals surface area contributed by atoms with Crippen molar-refractivity contribution in [2.75, 3.05) is 0 Å². The van der Waals surface area contributed by atoms with Crippen molar-refractivity contribution in [3.63, 3.8) is 0 Å². The number of hydrogen-bond acceptors (Lipinski definition) is 4. The lowest BCUT2D eigenvalue weighted by Crippen LogP contribution is -2.51. The largest absolute Gasteiger partial charge is 0.463 e. The van der Waals surface area contributed by atoms with E-state index in [4.69, 9.17) is 4.74 Å². The van der Waals surface area contributed by atoms with Crippen LogP contribution < -0.4 is 0 Å². The zero-order valence-electron chi connectivity index (χ0n) is 20.5. The van der Waals surface area contributed by atoms with E-state index in [9.17, 15) is 14.4 Å². The minimum absolute atomic E-state index is 0.00916. The molecule has 0 aromatic heterocycles. The van der Waals surface area contributed by atoms with Gasteiger partial charge in [0.25, 0.3) is 0 Å². The van der Waals surface area contributed by atoms with Gasteiger partial charge in [-0.15, -0.1) is 0 Å². The van der Waals surface area contributed by atoms with Gasteiger partial charge in [-0.25, -0.2) is 0 Å². The molecule has 4 aliphatic carbocycles. The molecule has 0 aromatic carbocycles. The van der Waals surface area contributed by atoms with Crippen LogP contribution in [0.5, 0.6) is 0 Å². The van der Waals surface area contributed by atoms with Crippen LogP contribution in [0.4, 0.5) is 0 Å². The molecule has 0 N–H and O–H groups in total. The number of fused-ring (bicyclic) bond motifs is 2. The van der Waals surface area contributed by atoms with Gasteiger partial charge in [-0.2, -0.15) is 0 Å². The Labute approximate surface area is 193 Å². The Kier molecular flexibility index (Phi) is 6.46. The van der Waals surface area contributed by atoms with Crippen LogP contribution in [0.15, 0.2) is 12.2 Å². The second kappa shape index (κ2) is 8.72. The van der Waals surface area contributed by atoms with Crippen molar-refractivity contribution >= 4 is 18.5 Å². The van der Waals surface area contributed by atoms with Crippen LogP contribution >= 0.6 is 0 Å². The number of carbonyl (C=O) groups is 3. The van der Waals surface area contributed by atoms with E-state index in [1.807, 2.05) is 0 Å². The Morgan fingerprint density at radius 3 is 2.34 bits per heavy atom. The molecule has 4 rings (SSSR count). The van der Waals surface area contributed by atoms with Gasteiger partial charge in [-0.3, -0.25) is 4.79 Å². The first-order valence-electron chi connectivity index (χ1n) is 12.9. The maximum atomic E-state index is 12.5. The number of allylic oxidation sites excluding steroid dienone is 1. The first kappa shape index (κ1) is 23.7. The topological polar surface area (TPSA) is 60.4 Å². The van der Waals surface area contributed by atoms with E-state index in [2.05, 4.69) is 27.4 Å². The van der Waals surface area contributed by atoms with Crippen molar-refractivity contribution in [3.05, 3.63) is 12.2 Å². The molecule has 0 heterocycles. The lowest BCUT2D eigenvalue weighted by atomic mass is 9.48. The van der Waals surface area contributed by atoms with Gasteiger partial charge in [0, 0.05) is 18.8 Å². The number of aldehydes is 2. The molecule has 0 saturated heterocycles. The first-order chi connectivity index (χ1) is 15.1. The fraction of sp³-hybridized carbons (Fsp3) is 0.821. The fourth-order valence-corrected chi connectivity index (χ4v) is 8.95. The van der Waals surface area contributed by atoms with E-state index in [1.54, 1.807) is 0 Å². The standard InChI is InChI=1S/C28H42O4/c1-17(2)25-6-7-26-24(16-30)22(9-11-28(25,26)5)23-14-27(4)10-8-21(32-18(3)31)13-20(27)12-19(23)15-29/h15-16,19-26H,1,6-14H2,2-5H3/t19?,20?,21-,22?,23?,24+,25+,26?,27+,28+/m0/s1. The summed E-state index contributed by atoms with van der Waals surface area (Å²) in [5.41, 5.74) is 1.61. The molecule has 0 aliphatic heterocycles. The van der Waals surface area contributed by atoms with E-state index in [0.717, 1.165) is 57.8 Å². The van der Waals surface area contributed by atoms with Gasteiger partial charge < -0.3 is 14.3 Å². The molecule has 0 aromatic rings. The predicted molar refractivity (Wildman–Crippen MR) is 125 cm³/mol. The van der Waals surface area contributed by atoms with E-state index >= 15 is 0 Å². The zero-order chi connectivity index (χ0) is 23.3. The summed E-state index contributed by atoms with van der Waals surface area (Å²) >= 11 is 0. The number of esters is 1. The summed E-state index contributed by atoms with van der Waals surface area (Å²) < 4.78 is 5.54. The van der Waals surface area contributed by atoms with Crippen LogP contribution in [0.25, 0.3) is 0 Å². The molecule has 10 atom stereocenters. The van der Waals surface area contributed by atoms with Crippen molar-refractivity contribution in [3.8, 4) is 0 Å². The predicted octanol–water partition coefficient (Wildman–Crippen LogP) is 5.78. The SMILES string of the molecule is C=C(C)[C@H]1CCC2[C@H](C=O)C(C3C[C@@]4(C)CC[C@H](OC(C)=O)CC4CC3C=O)CC[C@@]21C. The van der Waals surface area contributed by atoms with E-state index in [1.165, 1.54) is 25.1 Å². The maximum Gasteiger partial charge on any atom is 0.302 e. The molecule has 0 bridgehead atoms. The van der Waals surface area contributed by atoms with Crippen molar-refractivity contribution in [2.45, 2.75) is 91.6 Å². The van der Waals surface area contributed by atoms with E-state index in [0.29, 0.717) is 29.6 Å². The third-order valence-electron chi connectivity index (χ3n) is 10.6. The lowest BCUT2D eigenvalue weighted by molar-refractivity contribution is -0.155. The number of rotatable bonds is 5. The van der Waals surface area contributed by atoms with Crippen molar-refractivity contribution in [1.29, 1.82) is 0 Å². The monoisotopic (exact) mass is 442 g/mol. The first-order valence-corrected chi connectivity index (χ1v) is 12.9. The van der Waals surface area contributed by atoms with Crippen LogP contribution in [-0.2, 0) is 19.1 Å². The highest BCUT2D eigenvalue weighted by Gasteiger charge is 2.57. The van der Waals surface area contributed by atoms with E-state index in [-0.39, 0.29) is 34.7 Å². The Morgan fingerprint density at radius 1 is 0.969 bits per heavy atom.